The number of aromatic nitrogens is 3. The fourth-order valence-corrected chi connectivity index (χ4v) is 5.54. The van der Waals surface area contributed by atoms with Crippen molar-refractivity contribution in [3.05, 3.63) is 106 Å². The molecule has 3 aromatic carbocycles. The topological polar surface area (TPSA) is 83.4 Å². The van der Waals surface area contributed by atoms with Crippen LogP contribution in [0.2, 0.25) is 0 Å². The smallest absolute Gasteiger partial charge is 0.262 e. The van der Waals surface area contributed by atoms with E-state index in [2.05, 4.69) is 32.1 Å². The molecule has 1 atom stereocenters. The van der Waals surface area contributed by atoms with Gasteiger partial charge in [-0.3, -0.25) is 19.5 Å². The summed E-state index contributed by atoms with van der Waals surface area (Å²) < 4.78 is 16.7. The largest absolute Gasteiger partial charge is 0.369 e. The maximum Gasteiger partial charge on any atom is 0.262 e. The highest BCUT2D eigenvalue weighted by molar-refractivity contribution is 7.13. The van der Waals surface area contributed by atoms with E-state index < -0.39 is 23.3 Å². The SMILES string of the molecule is CN1CCN(c2ccc(-c3cc4ncn(C(C(=O)Nc5nccs5)c5ccccc5)c(=O)c4cc3F)cc2)CC1. The zero-order valence-electron chi connectivity index (χ0n) is 21.8. The van der Waals surface area contributed by atoms with Crippen LogP contribution in [-0.2, 0) is 4.79 Å². The molecule has 6 rings (SSSR count). The number of thiazole rings is 1. The molecule has 8 nitrogen and oxygen atoms in total. The third kappa shape index (κ3) is 5.11. The molecule has 2 aromatic heterocycles. The number of carbonyl (C=O) groups excluding carboxylic acids is 1. The third-order valence-corrected chi connectivity index (χ3v) is 7.91. The normalized spacial score (nSPS) is 14.8. The minimum absolute atomic E-state index is 0.0980. The Balaban J connectivity index is 1.35. The van der Waals surface area contributed by atoms with Crippen LogP contribution in [0.3, 0.4) is 0 Å². The first kappa shape index (κ1) is 25.8. The van der Waals surface area contributed by atoms with Gasteiger partial charge in [0, 0.05) is 49.0 Å². The van der Waals surface area contributed by atoms with Crippen LogP contribution in [0.15, 0.2) is 89.4 Å². The fourth-order valence-electron chi connectivity index (χ4n) is 5.01. The number of anilines is 2. The van der Waals surface area contributed by atoms with Crippen molar-refractivity contribution in [2.24, 2.45) is 0 Å². The minimum atomic E-state index is -1.01. The molecule has 40 heavy (non-hydrogen) atoms. The Bertz CT molecular complexity index is 1700. The molecule has 202 valence electrons. The standard InChI is InChI=1S/C30H27FN6O2S/c1-35-12-14-36(15-13-35)22-9-7-20(8-10-22)23-18-26-24(17-25(23)31)29(39)37(19-33-26)27(21-5-3-2-4-6-21)28(38)34-30-32-11-16-40-30/h2-11,16-19,27H,12-15H2,1H3,(H,32,34,38). The van der Waals surface area contributed by atoms with Crippen LogP contribution < -0.4 is 15.8 Å². The lowest BCUT2D eigenvalue weighted by atomic mass is 10.0. The lowest BCUT2D eigenvalue weighted by Crippen LogP contribution is -2.44. The molecule has 0 saturated carbocycles. The van der Waals surface area contributed by atoms with Gasteiger partial charge in [0.05, 0.1) is 17.2 Å². The maximum absolute atomic E-state index is 15.5. The summed E-state index contributed by atoms with van der Waals surface area (Å²) in [6, 6.07) is 18.5. The molecule has 5 aromatic rings. The van der Waals surface area contributed by atoms with E-state index in [1.807, 2.05) is 30.3 Å². The van der Waals surface area contributed by atoms with Gasteiger partial charge in [0.1, 0.15) is 11.9 Å². The van der Waals surface area contributed by atoms with Gasteiger partial charge in [0.15, 0.2) is 5.13 Å². The van der Waals surface area contributed by atoms with Crippen molar-refractivity contribution >= 4 is 39.0 Å². The number of piperazine rings is 1. The minimum Gasteiger partial charge on any atom is -0.369 e. The summed E-state index contributed by atoms with van der Waals surface area (Å²) in [5.74, 6) is -0.970. The molecule has 0 spiro atoms. The van der Waals surface area contributed by atoms with E-state index in [0.717, 1.165) is 31.9 Å². The highest BCUT2D eigenvalue weighted by Gasteiger charge is 2.26. The monoisotopic (exact) mass is 554 g/mol. The van der Waals surface area contributed by atoms with E-state index in [-0.39, 0.29) is 5.39 Å². The molecule has 3 heterocycles. The average Bonchev–Trinajstić information content (AvgIpc) is 3.49. The Hall–Kier alpha value is -4.41. The molecular weight excluding hydrogens is 527 g/mol. The predicted octanol–water partition coefficient (Wildman–Crippen LogP) is 4.64. The summed E-state index contributed by atoms with van der Waals surface area (Å²) in [5.41, 5.74) is 2.60. The second-order valence-corrected chi connectivity index (χ2v) is 10.7. The third-order valence-electron chi connectivity index (χ3n) is 7.22. The van der Waals surface area contributed by atoms with Crippen molar-refractivity contribution < 1.29 is 9.18 Å². The molecule has 1 aliphatic heterocycles. The van der Waals surface area contributed by atoms with Crippen LogP contribution in [0.4, 0.5) is 15.2 Å². The van der Waals surface area contributed by atoms with Crippen molar-refractivity contribution in [2.45, 2.75) is 6.04 Å². The second-order valence-electron chi connectivity index (χ2n) is 9.78. The molecule has 1 unspecified atom stereocenters. The predicted molar refractivity (Wildman–Crippen MR) is 156 cm³/mol. The summed E-state index contributed by atoms with van der Waals surface area (Å²) in [7, 11) is 2.12. The van der Waals surface area contributed by atoms with Gasteiger partial charge in [-0.25, -0.2) is 14.4 Å². The summed E-state index contributed by atoms with van der Waals surface area (Å²) in [6.45, 7) is 3.90. The molecule has 1 aliphatic rings. The van der Waals surface area contributed by atoms with Crippen LogP contribution in [0.1, 0.15) is 11.6 Å². The molecule has 1 fully saturated rings. The van der Waals surface area contributed by atoms with Gasteiger partial charge in [-0.1, -0.05) is 42.5 Å². The van der Waals surface area contributed by atoms with Crippen molar-refractivity contribution in [3.63, 3.8) is 0 Å². The molecule has 10 heteroatoms. The van der Waals surface area contributed by atoms with Gasteiger partial charge in [0.2, 0.25) is 0 Å². The lowest BCUT2D eigenvalue weighted by Gasteiger charge is -2.34. The number of likely N-dealkylation sites (N-methyl/N-ethyl adjacent to an activating group) is 1. The zero-order chi connectivity index (χ0) is 27.6. The molecule has 1 N–H and O–H groups in total. The number of nitrogens with zero attached hydrogens (tertiary/aromatic N) is 5. The van der Waals surface area contributed by atoms with Gasteiger partial charge < -0.3 is 9.80 Å². The van der Waals surface area contributed by atoms with E-state index in [1.165, 1.54) is 28.3 Å². The number of hydrogen-bond acceptors (Lipinski definition) is 7. The highest BCUT2D eigenvalue weighted by atomic mass is 32.1. The van der Waals surface area contributed by atoms with Gasteiger partial charge in [-0.15, -0.1) is 11.3 Å². The van der Waals surface area contributed by atoms with Crippen LogP contribution in [0.25, 0.3) is 22.0 Å². The zero-order valence-corrected chi connectivity index (χ0v) is 22.6. The molecule has 0 aliphatic carbocycles. The van der Waals surface area contributed by atoms with E-state index in [1.54, 1.807) is 41.9 Å². The molecule has 0 radical (unpaired) electrons. The number of halogens is 1. The van der Waals surface area contributed by atoms with E-state index >= 15 is 4.39 Å². The second kappa shape index (κ2) is 11.0. The number of benzene rings is 3. The van der Waals surface area contributed by atoms with Crippen LogP contribution in [0.5, 0.6) is 0 Å². The van der Waals surface area contributed by atoms with E-state index in [9.17, 15) is 9.59 Å². The number of carbonyl (C=O) groups is 1. The van der Waals surface area contributed by atoms with Crippen molar-refractivity contribution in [3.8, 4) is 11.1 Å². The van der Waals surface area contributed by atoms with Crippen molar-refractivity contribution in [1.82, 2.24) is 19.4 Å². The molecule has 1 amide bonds. The van der Waals surface area contributed by atoms with Gasteiger partial charge in [-0.05, 0) is 42.4 Å². The Morgan fingerprint density at radius 3 is 2.45 bits per heavy atom. The first-order chi connectivity index (χ1) is 19.5. The quantitative estimate of drug-likeness (QED) is 0.329. The molecular formula is C30H27FN6O2S. The Labute approximate surface area is 234 Å². The fraction of sp³-hybridized carbons (Fsp3) is 0.200. The summed E-state index contributed by atoms with van der Waals surface area (Å²) in [4.78, 5) is 40.2. The van der Waals surface area contributed by atoms with Gasteiger partial charge >= 0.3 is 0 Å². The number of fused-ring (bicyclic) bond motifs is 1. The Kier molecular flexibility index (Phi) is 7.10. The Morgan fingerprint density at radius 2 is 1.75 bits per heavy atom. The summed E-state index contributed by atoms with van der Waals surface area (Å²) in [6.07, 6.45) is 2.93. The van der Waals surface area contributed by atoms with Crippen LogP contribution in [0, 0.1) is 5.82 Å². The van der Waals surface area contributed by atoms with Crippen LogP contribution in [-0.4, -0.2) is 58.6 Å². The lowest BCUT2D eigenvalue weighted by molar-refractivity contribution is -0.118. The average molecular weight is 555 g/mol. The summed E-state index contributed by atoms with van der Waals surface area (Å²) in [5, 5.41) is 5.03. The first-order valence-electron chi connectivity index (χ1n) is 13.0. The number of nitrogens with one attached hydrogen (secondary N) is 1. The van der Waals surface area contributed by atoms with E-state index in [0.29, 0.717) is 27.3 Å². The number of hydrogen-bond donors (Lipinski definition) is 1. The van der Waals surface area contributed by atoms with E-state index in [4.69, 9.17) is 0 Å². The number of amides is 1. The maximum atomic E-state index is 15.5. The van der Waals surface area contributed by atoms with Gasteiger partial charge in [0.25, 0.3) is 11.5 Å². The summed E-state index contributed by atoms with van der Waals surface area (Å²) >= 11 is 1.28. The van der Waals surface area contributed by atoms with Crippen molar-refractivity contribution in [1.29, 1.82) is 0 Å². The highest BCUT2D eigenvalue weighted by Crippen LogP contribution is 2.29. The Morgan fingerprint density at radius 1 is 1.00 bits per heavy atom. The van der Waals surface area contributed by atoms with Crippen LogP contribution >= 0.6 is 11.3 Å². The number of rotatable bonds is 6. The molecule has 1 saturated heterocycles. The molecule has 0 bridgehead atoms. The first-order valence-corrected chi connectivity index (χ1v) is 13.9. The van der Waals surface area contributed by atoms with Gasteiger partial charge in [-0.2, -0.15) is 0 Å². The van der Waals surface area contributed by atoms with Crippen molar-refractivity contribution in [2.75, 3.05) is 43.4 Å².